The van der Waals surface area contributed by atoms with Crippen LogP contribution in [-0.2, 0) is 10.0 Å². The molecule has 0 aromatic heterocycles. The SMILES string of the molecule is CS(=O)(=O)Nc1cc(C(=O)NCCNC2CCCCCC2)ccc1F.Cl. The summed E-state index contributed by atoms with van der Waals surface area (Å²) in [5.41, 5.74) is -0.0197. The van der Waals surface area contributed by atoms with Crippen molar-refractivity contribution in [3.63, 3.8) is 0 Å². The molecule has 0 atom stereocenters. The van der Waals surface area contributed by atoms with Gasteiger partial charge in [-0.1, -0.05) is 25.7 Å². The van der Waals surface area contributed by atoms with E-state index in [-0.39, 0.29) is 29.6 Å². The number of amides is 1. The number of hydrogen-bond acceptors (Lipinski definition) is 4. The molecule has 0 unspecified atom stereocenters. The van der Waals surface area contributed by atoms with Crippen LogP contribution in [0.5, 0.6) is 0 Å². The highest BCUT2D eigenvalue weighted by atomic mass is 35.5. The van der Waals surface area contributed by atoms with Gasteiger partial charge in [0.1, 0.15) is 5.82 Å². The van der Waals surface area contributed by atoms with E-state index in [4.69, 9.17) is 0 Å². The highest BCUT2D eigenvalue weighted by Gasteiger charge is 2.13. The highest BCUT2D eigenvalue weighted by molar-refractivity contribution is 7.92. The zero-order chi connectivity index (χ0) is 18.3. The quantitative estimate of drug-likeness (QED) is 0.479. The molecule has 0 radical (unpaired) electrons. The van der Waals surface area contributed by atoms with Crippen LogP contribution in [0.2, 0.25) is 0 Å². The lowest BCUT2D eigenvalue weighted by atomic mass is 10.1. The molecule has 6 nitrogen and oxygen atoms in total. The molecule has 1 aliphatic carbocycles. The molecule has 0 bridgehead atoms. The normalized spacial score (nSPS) is 15.6. The van der Waals surface area contributed by atoms with Gasteiger partial charge < -0.3 is 10.6 Å². The fourth-order valence-electron chi connectivity index (χ4n) is 2.98. The molecule has 0 spiro atoms. The number of anilines is 1. The van der Waals surface area contributed by atoms with Crippen molar-refractivity contribution in [3.8, 4) is 0 Å². The molecule has 1 aromatic carbocycles. The van der Waals surface area contributed by atoms with Gasteiger partial charge in [0.2, 0.25) is 10.0 Å². The van der Waals surface area contributed by atoms with E-state index in [0.717, 1.165) is 12.3 Å². The minimum atomic E-state index is -3.61. The van der Waals surface area contributed by atoms with Crippen LogP contribution in [-0.4, -0.2) is 39.7 Å². The maximum atomic E-state index is 13.6. The molecular formula is C17H27ClFN3O3S. The van der Waals surface area contributed by atoms with E-state index in [1.54, 1.807) is 0 Å². The molecule has 0 heterocycles. The van der Waals surface area contributed by atoms with Crippen molar-refractivity contribution in [2.24, 2.45) is 0 Å². The molecule has 3 N–H and O–H groups in total. The molecule has 9 heteroatoms. The predicted molar refractivity (Wildman–Crippen MR) is 104 cm³/mol. The van der Waals surface area contributed by atoms with Crippen LogP contribution >= 0.6 is 12.4 Å². The largest absolute Gasteiger partial charge is 0.351 e. The Kier molecular flexibility index (Phi) is 9.32. The summed E-state index contributed by atoms with van der Waals surface area (Å²) in [6.07, 6.45) is 8.36. The Morgan fingerprint density at radius 1 is 1.15 bits per heavy atom. The zero-order valence-corrected chi connectivity index (χ0v) is 16.5. The minimum Gasteiger partial charge on any atom is -0.351 e. The average molecular weight is 408 g/mol. The Labute approximate surface area is 160 Å². The third-order valence-corrected chi connectivity index (χ3v) is 4.81. The summed E-state index contributed by atoms with van der Waals surface area (Å²) in [6, 6.07) is 4.11. The molecule has 1 fully saturated rings. The van der Waals surface area contributed by atoms with E-state index in [1.165, 1.54) is 50.7 Å². The third-order valence-electron chi connectivity index (χ3n) is 4.22. The van der Waals surface area contributed by atoms with Gasteiger partial charge in [0, 0.05) is 24.7 Å². The van der Waals surface area contributed by atoms with Crippen molar-refractivity contribution in [2.75, 3.05) is 24.1 Å². The van der Waals surface area contributed by atoms with Crippen LogP contribution in [0.3, 0.4) is 0 Å². The van der Waals surface area contributed by atoms with E-state index < -0.39 is 15.8 Å². The van der Waals surface area contributed by atoms with Gasteiger partial charge in [-0.15, -0.1) is 12.4 Å². The van der Waals surface area contributed by atoms with Gasteiger partial charge in [-0.05, 0) is 31.0 Å². The second kappa shape index (κ2) is 10.7. The lowest BCUT2D eigenvalue weighted by Gasteiger charge is -2.16. The molecule has 0 saturated heterocycles. The summed E-state index contributed by atoms with van der Waals surface area (Å²) in [6.45, 7) is 1.13. The fourth-order valence-corrected chi connectivity index (χ4v) is 3.54. The average Bonchev–Trinajstić information content (AvgIpc) is 2.81. The standard InChI is InChI=1S/C17H26FN3O3S.ClH/c1-25(23,24)21-16-12-13(8-9-15(16)18)17(22)20-11-10-19-14-6-4-2-3-5-7-14;/h8-9,12,14,19,21H,2-7,10-11H2,1H3,(H,20,22);1H. The number of halogens is 2. The molecule has 2 rings (SSSR count). The first-order valence-corrected chi connectivity index (χ1v) is 10.5. The summed E-state index contributed by atoms with van der Waals surface area (Å²) in [5.74, 6) is -1.09. The number of hydrogen-bond donors (Lipinski definition) is 3. The van der Waals surface area contributed by atoms with Crippen LogP contribution in [0.4, 0.5) is 10.1 Å². The second-order valence-corrected chi connectivity index (χ2v) is 8.22. The van der Waals surface area contributed by atoms with Gasteiger partial charge in [-0.25, -0.2) is 12.8 Å². The van der Waals surface area contributed by atoms with E-state index in [2.05, 4.69) is 15.4 Å². The number of sulfonamides is 1. The lowest BCUT2D eigenvalue weighted by molar-refractivity contribution is 0.0953. The predicted octanol–water partition coefficient (Wildman–Crippen LogP) is 2.66. The summed E-state index contributed by atoms with van der Waals surface area (Å²) in [5, 5.41) is 6.22. The molecular weight excluding hydrogens is 381 g/mol. The summed E-state index contributed by atoms with van der Waals surface area (Å²) in [7, 11) is -3.61. The van der Waals surface area contributed by atoms with Gasteiger partial charge in [-0.3, -0.25) is 9.52 Å². The first kappa shape index (κ1) is 22.7. The van der Waals surface area contributed by atoms with E-state index in [9.17, 15) is 17.6 Å². The Balaban J connectivity index is 0.00000338. The van der Waals surface area contributed by atoms with E-state index >= 15 is 0 Å². The molecule has 0 aliphatic heterocycles. The van der Waals surface area contributed by atoms with Crippen LogP contribution in [0, 0.1) is 5.82 Å². The Bertz CT molecular complexity index is 692. The molecule has 1 aliphatic rings. The van der Waals surface area contributed by atoms with Crippen LogP contribution in [0.15, 0.2) is 18.2 Å². The van der Waals surface area contributed by atoms with Crippen molar-refractivity contribution >= 4 is 34.0 Å². The maximum Gasteiger partial charge on any atom is 0.251 e. The number of carbonyl (C=O) groups excluding carboxylic acids is 1. The van der Waals surface area contributed by atoms with Gasteiger partial charge in [0.05, 0.1) is 11.9 Å². The van der Waals surface area contributed by atoms with Crippen LogP contribution in [0.25, 0.3) is 0 Å². The van der Waals surface area contributed by atoms with Gasteiger partial charge in [0.15, 0.2) is 0 Å². The van der Waals surface area contributed by atoms with Crippen molar-refractivity contribution in [1.29, 1.82) is 0 Å². The number of rotatable bonds is 7. The topological polar surface area (TPSA) is 87.3 Å². The summed E-state index contributed by atoms with van der Waals surface area (Å²) >= 11 is 0. The highest BCUT2D eigenvalue weighted by Crippen LogP contribution is 2.18. The van der Waals surface area contributed by atoms with Gasteiger partial charge >= 0.3 is 0 Å². The Hall–Kier alpha value is -1.38. The van der Waals surface area contributed by atoms with E-state index in [1.807, 2.05) is 0 Å². The van der Waals surface area contributed by atoms with Crippen LogP contribution < -0.4 is 15.4 Å². The zero-order valence-electron chi connectivity index (χ0n) is 14.9. The summed E-state index contributed by atoms with van der Waals surface area (Å²) in [4.78, 5) is 12.1. The number of benzene rings is 1. The number of carbonyl (C=O) groups is 1. The molecule has 26 heavy (non-hydrogen) atoms. The first-order chi connectivity index (χ1) is 11.8. The smallest absolute Gasteiger partial charge is 0.251 e. The third kappa shape index (κ3) is 7.88. The molecule has 1 aromatic rings. The first-order valence-electron chi connectivity index (χ1n) is 8.64. The summed E-state index contributed by atoms with van der Waals surface area (Å²) < 4.78 is 38.2. The molecule has 1 saturated carbocycles. The maximum absolute atomic E-state index is 13.6. The minimum absolute atomic E-state index is 0. The van der Waals surface area contributed by atoms with E-state index in [0.29, 0.717) is 19.1 Å². The van der Waals surface area contributed by atoms with Crippen molar-refractivity contribution in [2.45, 2.75) is 44.6 Å². The second-order valence-electron chi connectivity index (χ2n) is 6.47. The van der Waals surface area contributed by atoms with Crippen molar-refractivity contribution in [3.05, 3.63) is 29.6 Å². The Morgan fingerprint density at radius 2 is 1.81 bits per heavy atom. The number of nitrogens with one attached hydrogen (secondary N) is 3. The van der Waals surface area contributed by atoms with Crippen molar-refractivity contribution < 1.29 is 17.6 Å². The molecule has 148 valence electrons. The van der Waals surface area contributed by atoms with Crippen LogP contribution in [0.1, 0.15) is 48.9 Å². The van der Waals surface area contributed by atoms with Crippen molar-refractivity contribution in [1.82, 2.24) is 10.6 Å². The fraction of sp³-hybridized carbons (Fsp3) is 0.588. The Morgan fingerprint density at radius 3 is 2.42 bits per heavy atom. The van der Waals surface area contributed by atoms with Gasteiger partial charge in [-0.2, -0.15) is 0 Å². The van der Waals surface area contributed by atoms with Gasteiger partial charge in [0.25, 0.3) is 5.91 Å². The lowest BCUT2D eigenvalue weighted by Crippen LogP contribution is -2.36. The molecule has 1 amide bonds. The monoisotopic (exact) mass is 407 g/mol.